The third-order valence-electron chi connectivity index (χ3n) is 3.39. The van der Waals surface area contributed by atoms with E-state index in [2.05, 4.69) is 4.98 Å². The SMILES string of the molecule is O=C(O)c1cc2c(c(Cc3ccccc3)n1)OCCC2. The van der Waals surface area contributed by atoms with Crippen LogP contribution in [-0.2, 0) is 12.8 Å². The molecule has 0 fully saturated rings. The molecule has 20 heavy (non-hydrogen) atoms. The number of fused-ring (bicyclic) bond motifs is 1. The lowest BCUT2D eigenvalue weighted by molar-refractivity contribution is 0.0689. The first-order valence-electron chi connectivity index (χ1n) is 6.67. The number of carboxylic acids is 1. The predicted molar refractivity (Wildman–Crippen MR) is 74.3 cm³/mol. The summed E-state index contributed by atoms with van der Waals surface area (Å²) in [7, 11) is 0. The van der Waals surface area contributed by atoms with Crippen molar-refractivity contribution in [2.75, 3.05) is 6.61 Å². The van der Waals surface area contributed by atoms with Crippen molar-refractivity contribution in [3.63, 3.8) is 0 Å². The van der Waals surface area contributed by atoms with Crippen molar-refractivity contribution in [2.24, 2.45) is 0 Å². The molecule has 1 aliphatic rings. The van der Waals surface area contributed by atoms with Gasteiger partial charge in [0.1, 0.15) is 11.4 Å². The monoisotopic (exact) mass is 269 g/mol. The zero-order valence-corrected chi connectivity index (χ0v) is 11.0. The Balaban J connectivity index is 2.03. The number of pyridine rings is 1. The summed E-state index contributed by atoms with van der Waals surface area (Å²) in [4.78, 5) is 15.4. The van der Waals surface area contributed by atoms with Crippen molar-refractivity contribution in [2.45, 2.75) is 19.3 Å². The number of hydrogen-bond acceptors (Lipinski definition) is 3. The third kappa shape index (κ3) is 2.50. The number of carbonyl (C=O) groups is 1. The molecule has 3 rings (SSSR count). The number of nitrogens with zero attached hydrogens (tertiary/aromatic N) is 1. The van der Waals surface area contributed by atoms with Crippen LogP contribution in [0.1, 0.15) is 33.7 Å². The van der Waals surface area contributed by atoms with Gasteiger partial charge in [-0.2, -0.15) is 0 Å². The molecular formula is C16H15NO3. The van der Waals surface area contributed by atoms with Gasteiger partial charge in [-0.25, -0.2) is 9.78 Å². The lowest BCUT2D eigenvalue weighted by Crippen LogP contribution is -2.15. The van der Waals surface area contributed by atoms with Gasteiger partial charge in [-0.3, -0.25) is 0 Å². The van der Waals surface area contributed by atoms with E-state index in [0.29, 0.717) is 18.7 Å². The van der Waals surface area contributed by atoms with Gasteiger partial charge in [0.25, 0.3) is 0 Å². The first-order chi connectivity index (χ1) is 9.74. The molecule has 1 N–H and O–H groups in total. The average molecular weight is 269 g/mol. The topological polar surface area (TPSA) is 59.4 Å². The van der Waals surface area contributed by atoms with Gasteiger partial charge in [0, 0.05) is 6.42 Å². The van der Waals surface area contributed by atoms with Crippen LogP contribution in [0.3, 0.4) is 0 Å². The standard InChI is InChI=1S/C16H15NO3/c18-16(19)14-10-12-7-4-8-20-15(12)13(17-14)9-11-5-2-1-3-6-11/h1-3,5-6,10H,4,7-9H2,(H,18,19). The molecule has 2 heterocycles. The molecule has 0 amide bonds. The van der Waals surface area contributed by atoms with Crippen molar-refractivity contribution in [1.82, 2.24) is 4.98 Å². The first-order valence-corrected chi connectivity index (χ1v) is 6.67. The number of ether oxygens (including phenoxy) is 1. The highest BCUT2D eigenvalue weighted by molar-refractivity contribution is 5.86. The quantitative estimate of drug-likeness (QED) is 0.930. The Morgan fingerprint density at radius 1 is 1.30 bits per heavy atom. The molecule has 0 atom stereocenters. The Bertz CT molecular complexity index is 638. The van der Waals surface area contributed by atoms with E-state index in [9.17, 15) is 9.90 Å². The molecule has 4 nitrogen and oxygen atoms in total. The van der Waals surface area contributed by atoms with E-state index in [4.69, 9.17) is 4.74 Å². The second kappa shape index (κ2) is 5.33. The summed E-state index contributed by atoms with van der Waals surface area (Å²) < 4.78 is 5.71. The summed E-state index contributed by atoms with van der Waals surface area (Å²) in [6.45, 7) is 0.670. The number of aromatic carboxylic acids is 1. The second-order valence-electron chi connectivity index (χ2n) is 4.86. The lowest BCUT2D eigenvalue weighted by Gasteiger charge is -2.20. The van der Waals surface area contributed by atoms with Gasteiger partial charge < -0.3 is 9.84 Å². The van der Waals surface area contributed by atoms with E-state index in [0.717, 1.165) is 29.7 Å². The van der Waals surface area contributed by atoms with E-state index >= 15 is 0 Å². The van der Waals surface area contributed by atoms with Gasteiger partial charge in [-0.1, -0.05) is 30.3 Å². The van der Waals surface area contributed by atoms with Gasteiger partial charge in [0.05, 0.1) is 12.3 Å². The smallest absolute Gasteiger partial charge is 0.354 e. The molecular weight excluding hydrogens is 254 g/mol. The average Bonchev–Trinajstić information content (AvgIpc) is 2.48. The zero-order chi connectivity index (χ0) is 13.9. The Morgan fingerprint density at radius 3 is 2.85 bits per heavy atom. The van der Waals surface area contributed by atoms with Crippen molar-refractivity contribution in [1.29, 1.82) is 0 Å². The molecule has 1 aromatic heterocycles. The number of carboxylic acid groups (broad SMARTS) is 1. The maximum atomic E-state index is 11.2. The first kappa shape index (κ1) is 12.7. The predicted octanol–water partition coefficient (Wildman–Crippen LogP) is 2.70. The number of hydrogen-bond donors (Lipinski definition) is 1. The summed E-state index contributed by atoms with van der Waals surface area (Å²) in [5.74, 6) is -0.224. The normalized spacial score (nSPS) is 13.4. The van der Waals surface area contributed by atoms with Gasteiger partial charge in [0.15, 0.2) is 0 Å². The minimum Gasteiger partial charge on any atom is -0.491 e. The van der Waals surface area contributed by atoms with Gasteiger partial charge >= 0.3 is 5.97 Å². The fourth-order valence-corrected chi connectivity index (χ4v) is 2.46. The lowest BCUT2D eigenvalue weighted by atomic mass is 10.0. The molecule has 0 radical (unpaired) electrons. The fourth-order valence-electron chi connectivity index (χ4n) is 2.46. The molecule has 1 aromatic carbocycles. The van der Waals surface area contributed by atoms with Crippen molar-refractivity contribution in [3.8, 4) is 5.75 Å². The number of aromatic nitrogens is 1. The minimum absolute atomic E-state index is 0.0974. The van der Waals surface area contributed by atoms with E-state index in [1.165, 1.54) is 0 Å². The molecule has 0 bridgehead atoms. The Labute approximate surface area is 117 Å². The molecule has 2 aromatic rings. The zero-order valence-electron chi connectivity index (χ0n) is 11.0. The Kier molecular flexibility index (Phi) is 3.37. The molecule has 0 saturated heterocycles. The molecule has 0 saturated carbocycles. The van der Waals surface area contributed by atoms with E-state index in [-0.39, 0.29) is 5.69 Å². The van der Waals surface area contributed by atoms with E-state index in [1.807, 2.05) is 30.3 Å². The summed E-state index contributed by atoms with van der Waals surface area (Å²) in [6, 6.07) is 11.5. The highest BCUT2D eigenvalue weighted by Gasteiger charge is 2.20. The highest BCUT2D eigenvalue weighted by atomic mass is 16.5. The Hall–Kier alpha value is -2.36. The largest absolute Gasteiger partial charge is 0.491 e. The van der Waals surface area contributed by atoms with Gasteiger partial charge in [-0.05, 0) is 30.0 Å². The van der Waals surface area contributed by atoms with Crippen molar-refractivity contribution in [3.05, 3.63) is 58.9 Å². The second-order valence-corrected chi connectivity index (χ2v) is 4.86. The van der Waals surface area contributed by atoms with Gasteiger partial charge in [0.2, 0.25) is 0 Å². The maximum Gasteiger partial charge on any atom is 0.354 e. The number of benzene rings is 1. The molecule has 0 aliphatic carbocycles. The molecule has 102 valence electrons. The van der Waals surface area contributed by atoms with Crippen LogP contribution in [0.15, 0.2) is 36.4 Å². The van der Waals surface area contributed by atoms with Crippen LogP contribution in [0.25, 0.3) is 0 Å². The van der Waals surface area contributed by atoms with Crippen LogP contribution in [0.2, 0.25) is 0 Å². The van der Waals surface area contributed by atoms with Crippen LogP contribution in [0, 0.1) is 0 Å². The molecule has 0 unspecified atom stereocenters. The molecule has 0 spiro atoms. The molecule has 1 aliphatic heterocycles. The van der Waals surface area contributed by atoms with Crippen molar-refractivity contribution < 1.29 is 14.6 Å². The molecule has 4 heteroatoms. The van der Waals surface area contributed by atoms with Crippen LogP contribution in [0.5, 0.6) is 5.75 Å². The van der Waals surface area contributed by atoms with E-state index < -0.39 is 5.97 Å². The highest BCUT2D eigenvalue weighted by Crippen LogP contribution is 2.30. The summed E-state index contributed by atoms with van der Waals surface area (Å²) in [6.07, 6.45) is 2.35. The van der Waals surface area contributed by atoms with E-state index in [1.54, 1.807) is 6.07 Å². The van der Waals surface area contributed by atoms with Gasteiger partial charge in [-0.15, -0.1) is 0 Å². The summed E-state index contributed by atoms with van der Waals surface area (Å²) in [5, 5.41) is 9.17. The number of aryl methyl sites for hydroxylation is 1. The van der Waals surface area contributed by atoms with Crippen LogP contribution in [-0.4, -0.2) is 22.7 Å². The van der Waals surface area contributed by atoms with Crippen LogP contribution < -0.4 is 4.74 Å². The van der Waals surface area contributed by atoms with Crippen LogP contribution in [0.4, 0.5) is 0 Å². The summed E-state index contributed by atoms with van der Waals surface area (Å²) >= 11 is 0. The Morgan fingerprint density at radius 2 is 2.10 bits per heavy atom. The summed E-state index contributed by atoms with van der Waals surface area (Å²) in [5.41, 5.74) is 2.86. The number of rotatable bonds is 3. The van der Waals surface area contributed by atoms with Crippen molar-refractivity contribution >= 4 is 5.97 Å². The third-order valence-corrected chi connectivity index (χ3v) is 3.39. The maximum absolute atomic E-state index is 11.2. The minimum atomic E-state index is -0.993. The fraction of sp³-hybridized carbons (Fsp3) is 0.250. The van der Waals surface area contributed by atoms with Crippen LogP contribution >= 0.6 is 0 Å².